The normalized spacial score (nSPS) is 14.2. The average Bonchev–Trinajstić information content (AvgIpc) is 3.32. The number of ether oxygens (including phenoxy) is 1. The van der Waals surface area contributed by atoms with Gasteiger partial charge in [0.15, 0.2) is 5.65 Å². The Morgan fingerprint density at radius 2 is 1.76 bits per heavy atom. The molecule has 0 radical (unpaired) electrons. The highest BCUT2D eigenvalue weighted by Gasteiger charge is 2.14. The Morgan fingerprint density at radius 1 is 0.971 bits per heavy atom. The van der Waals surface area contributed by atoms with Gasteiger partial charge in [-0.2, -0.15) is 5.10 Å². The lowest BCUT2D eigenvalue weighted by molar-refractivity contribution is 0.0941. The van der Waals surface area contributed by atoms with Crippen molar-refractivity contribution < 1.29 is 9.53 Å². The van der Waals surface area contributed by atoms with E-state index in [0.717, 1.165) is 42.1 Å². The molecule has 2 aromatic heterocycles. The summed E-state index contributed by atoms with van der Waals surface area (Å²) in [7, 11) is 0. The van der Waals surface area contributed by atoms with Crippen LogP contribution >= 0.6 is 0 Å². The molecule has 2 aromatic carbocycles. The predicted octanol–water partition coefficient (Wildman–Crippen LogP) is 4.19. The van der Waals surface area contributed by atoms with Crippen LogP contribution in [0.2, 0.25) is 0 Å². The third-order valence-corrected chi connectivity index (χ3v) is 6.18. The fraction of sp³-hybridized carbons (Fsp3) is 0.296. The van der Waals surface area contributed by atoms with Crippen LogP contribution in [0.25, 0.3) is 16.8 Å². The second kappa shape index (κ2) is 10.5. The first-order valence-corrected chi connectivity index (χ1v) is 11.9. The van der Waals surface area contributed by atoms with Crippen molar-refractivity contribution in [2.45, 2.75) is 25.9 Å². The number of likely N-dealkylation sites (tertiary alicyclic amines) is 1. The highest BCUT2D eigenvalue weighted by molar-refractivity contribution is 5.93. The summed E-state index contributed by atoms with van der Waals surface area (Å²) < 4.78 is 7.59. The summed E-state index contributed by atoms with van der Waals surface area (Å²) in [6.45, 7) is 4.27. The van der Waals surface area contributed by atoms with Gasteiger partial charge < -0.3 is 15.0 Å². The molecule has 0 atom stereocenters. The summed E-state index contributed by atoms with van der Waals surface area (Å²) >= 11 is 0. The number of piperidine rings is 1. The van der Waals surface area contributed by atoms with Crippen LogP contribution in [0, 0.1) is 0 Å². The van der Waals surface area contributed by atoms with Gasteiger partial charge >= 0.3 is 0 Å². The maximum absolute atomic E-state index is 12.7. The highest BCUT2D eigenvalue weighted by atomic mass is 16.5. The lowest BCUT2D eigenvalue weighted by atomic mass is 10.1. The van der Waals surface area contributed by atoms with Crippen LogP contribution in [0.1, 0.15) is 35.3 Å². The van der Waals surface area contributed by atoms with E-state index in [-0.39, 0.29) is 5.91 Å². The second-order valence-corrected chi connectivity index (χ2v) is 8.60. The lowest BCUT2D eigenvalue weighted by Crippen LogP contribution is -2.37. The molecular formula is C27H29N5O2. The number of rotatable bonds is 8. The molecule has 5 rings (SSSR count). The fourth-order valence-electron chi connectivity index (χ4n) is 4.27. The number of benzene rings is 2. The van der Waals surface area contributed by atoms with Crippen molar-refractivity contribution in [2.24, 2.45) is 0 Å². The number of nitrogens with one attached hydrogen (secondary N) is 1. The van der Waals surface area contributed by atoms with Gasteiger partial charge in [0.05, 0.1) is 6.20 Å². The second-order valence-electron chi connectivity index (χ2n) is 8.60. The first kappa shape index (κ1) is 22.1. The molecule has 34 heavy (non-hydrogen) atoms. The van der Waals surface area contributed by atoms with E-state index in [1.807, 2.05) is 54.6 Å². The first-order valence-electron chi connectivity index (χ1n) is 11.9. The molecule has 0 spiro atoms. The summed E-state index contributed by atoms with van der Waals surface area (Å²) in [5, 5.41) is 7.41. The lowest BCUT2D eigenvalue weighted by Gasteiger charge is -2.26. The van der Waals surface area contributed by atoms with Gasteiger partial charge in [-0.05, 0) is 55.3 Å². The van der Waals surface area contributed by atoms with E-state index in [4.69, 9.17) is 4.74 Å². The smallest absolute Gasteiger partial charge is 0.270 e. The standard InChI is InChI=1S/C27H29N5O2/c33-27(28-14-18-31-15-5-2-6-16-31)25-13-17-32-26(30-25)24(19-29-32)22-9-11-23(12-10-22)34-20-21-7-3-1-4-8-21/h1,3-4,7-13,17,19H,2,5-6,14-16,18,20H2,(H,28,33). The van der Waals surface area contributed by atoms with E-state index >= 15 is 0 Å². The van der Waals surface area contributed by atoms with Crippen molar-refractivity contribution in [2.75, 3.05) is 26.2 Å². The number of nitrogens with zero attached hydrogens (tertiary/aromatic N) is 4. The molecule has 1 fully saturated rings. The topological polar surface area (TPSA) is 71.8 Å². The molecular weight excluding hydrogens is 426 g/mol. The number of amides is 1. The SMILES string of the molecule is O=C(NCCN1CCCCC1)c1ccn2ncc(-c3ccc(OCc4ccccc4)cc3)c2n1. The van der Waals surface area contributed by atoms with Gasteiger partial charge in [0, 0.05) is 24.8 Å². The zero-order chi connectivity index (χ0) is 23.2. The van der Waals surface area contributed by atoms with Crippen LogP contribution in [0.3, 0.4) is 0 Å². The molecule has 7 nitrogen and oxygen atoms in total. The van der Waals surface area contributed by atoms with Crippen LogP contribution in [0.4, 0.5) is 0 Å². The van der Waals surface area contributed by atoms with E-state index < -0.39 is 0 Å². The van der Waals surface area contributed by atoms with Gasteiger partial charge in [0.25, 0.3) is 5.91 Å². The van der Waals surface area contributed by atoms with E-state index in [1.165, 1.54) is 19.3 Å². The third-order valence-electron chi connectivity index (χ3n) is 6.18. The molecule has 1 N–H and O–H groups in total. The van der Waals surface area contributed by atoms with Gasteiger partial charge in [-0.3, -0.25) is 4.79 Å². The van der Waals surface area contributed by atoms with Crippen molar-refractivity contribution in [3.05, 3.63) is 84.3 Å². The monoisotopic (exact) mass is 455 g/mol. The number of carbonyl (C=O) groups excluding carboxylic acids is 1. The quantitative estimate of drug-likeness (QED) is 0.431. The van der Waals surface area contributed by atoms with E-state index in [0.29, 0.717) is 24.5 Å². The molecule has 0 bridgehead atoms. The van der Waals surface area contributed by atoms with Crippen molar-refractivity contribution in [1.29, 1.82) is 0 Å². The average molecular weight is 456 g/mol. The molecule has 4 aromatic rings. The summed E-state index contributed by atoms with van der Waals surface area (Å²) in [5.74, 6) is 0.641. The first-order chi connectivity index (χ1) is 16.8. The maximum Gasteiger partial charge on any atom is 0.270 e. The minimum atomic E-state index is -0.156. The molecule has 1 saturated heterocycles. The third kappa shape index (κ3) is 5.26. The largest absolute Gasteiger partial charge is 0.489 e. The van der Waals surface area contributed by atoms with Crippen LogP contribution in [0.15, 0.2) is 73.1 Å². The molecule has 0 saturated carbocycles. The zero-order valence-electron chi connectivity index (χ0n) is 19.2. The number of aromatic nitrogens is 3. The van der Waals surface area contributed by atoms with Crippen molar-refractivity contribution in [1.82, 2.24) is 24.8 Å². The van der Waals surface area contributed by atoms with Crippen LogP contribution in [-0.4, -0.2) is 51.6 Å². The summed E-state index contributed by atoms with van der Waals surface area (Å²) in [6.07, 6.45) is 7.36. The predicted molar refractivity (Wildman–Crippen MR) is 132 cm³/mol. The summed E-state index contributed by atoms with van der Waals surface area (Å²) in [4.78, 5) is 19.7. The summed E-state index contributed by atoms with van der Waals surface area (Å²) in [6, 6.07) is 19.7. The van der Waals surface area contributed by atoms with E-state index in [9.17, 15) is 4.79 Å². The van der Waals surface area contributed by atoms with Gasteiger partial charge in [0.1, 0.15) is 18.1 Å². The number of fused-ring (bicyclic) bond motifs is 1. The van der Waals surface area contributed by atoms with Crippen LogP contribution in [0.5, 0.6) is 5.75 Å². The molecule has 174 valence electrons. The molecule has 7 heteroatoms. The molecule has 1 amide bonds. The number of hydrogen-bond donors (Lipinski definition) is 1. The van der Waals surface area contributed by atoms with Crippen molar-refractivity contribution >= 4 is 11.6 Å². The number of hydrogen-bond acceptors (Lipinski definition) is 5. The van der Waals surface area contributed by atoms with Crippen LogP contribution in [-0.2, 0) is 6.61 Å². The van der Waals surface area contributed by atoms with Crippen LogP contribution < -0.4 is 10.1 Å². The van der Waals surface area contributed by atoms with Gasteiger partial charge in [0.2, 0.25) is 0 Å². The Balaban J connectivity index is 1.24. The molecule has 0 unspecified atom stereocenters. The van der Waals surface area contributed by atoms with Crippen molar-refractivity contribution in [3.63, 3.8) is 0 Å². The molecule has 1 aliphatic heterocycles. The Bertz CT molecular complexity index is 1230. The Labute approximate surface area is 199 Å². The summed E-state index contributed by atoms with van der Waals surface area (Å²) in [5.41, 5.74) is 4.02. The Hall–Kier alpha value is -3.71. The molecule has 1 aliphatic rings. The zero-order valence-corrected chi connectivity index (χ0v) is 19.2. The molecule has 3 heterocycles. The number of carbonyl (C=O) groups is 1. The van der Waals surface area contributed by atoms with Crippen molar-refractivity contribution in [3.8, 4) is 16.9 Å². The maximum atomic E-state index is 12.7. The van der Waals surface area contributed by atoms with Gasteiger partial charge in [-0.15, -0.1) is 0 Å². The van der Waals surface area contributed by atoms with E-state index in [1.54, 1.807) is 23.0 Å². The van der Waals surface area contributed by atoms with Gasteiger partial charge in [-0.1, -0.05) is 48.9 Å². The van der Waals surface area contributed by atoms with E-state index in [2.05, 4.69) is 20.3 Å². The minimum Gasteiger partial charge on any atom is -0.489 e. The Morgan fingerprint density at radius 3 is 2.56 bits per heavy atom. The minimum absolute atomic E-state index is 0.156. The molecule has 0 aliphatic carbocycles. The highest BCUT2D eigenvalue weighted by Crippen LogP contribution is 2.26. The van der Waals surface area contributed by atoms with Gasteiger partial charge in [-0.25, -0.2) is 9.50 Å². The fourth-order valence-corrected chi connectivity index (χ4v) is 4.27. The Kier molecular flexibility index (Phi) is 6.81.